The highest BCUT2D eigenvalue weighted by atomic mass is 16.5. The highest BCUT2D eigenvalue weighted by Gasteiger charge is 2.34. The van der Waals surface area contributed by atoms with Crippen molar-refractivity contribution in [2.75, 3.05) is 14.2 Å². The minimum atomic E-state index is -0.284. The van der Waals surface area contributed by atoms with E-state index in [9.17, 15) is 9.59 Å². The number of ether oxygens (including phenoxy) is 2. The van der Waals surface area contributed by atoms with Gasteiger partial charge in [0.15, 0.2) is 0 Å². The van der Waals surface area contributed by atoms with Gasteiger partial charge >= 0.3 is 0 Å². The number of ketones is 2. The van der Waals surface area contributed by atoms with E-state index in [1.165, 1.54) is 77.2 Å². The first-order chi connectivity index (χ1) is 27.6. The molecule has 0 aromatic carbocycles. The molecule has 0 N–H and O–H groups in total. The molecule has 0 aliphatic heterocycles. The molecule has 0 aromatic heterocycles. The third-order valence-corrected chi connectivity index (χ3v) is 11.1. The molecule has 58 heavy (non-hydrogen) atoms. The predicted octanol–water partition coefficient (Wildman–Crippen LogP) is 16.1. The summed E-state index contributed by atoms with van der Waals surface area (Å²) in [5, 5.41) is 0. The van der Waals surface area contributed by atoms with Crippen LogP contribution in [0.1, 0.15) is 185 Å². The van der Waals surface area contributed by atoms with Crippen LogP contribution in [0.2, 0.25) is 0 Å². The van der Waals surface area contributed by atoms with Crippen LogP contribution in [-0.4, -0.2) is 25.8 Å². The Morgan fingerprint density at radius 1 is 0.379 bits per heavy atom. The minimum absolute atomic E-state index is 0.00654. The SMILES string of the molecule is COC1=C(OC)C(=O)C(C/C=C(/C)CC/C=C(\C)CC/C=C(\C)CC/C=C(\C)CC/C=C(\C)CC/C=C(\C)CC/C=C(\C)CC/C=C(\C)CCC=C(C)C)=C(C)C1=O. The molecule has 0 spiro atoms. The molecule has 0 unspecified atom stereocenters. The lowest BCUT2D eigenvalue weighted by atomic mass is 9.90. The van der Waals surface area contributed by atoms with E-state index in [2.05, 4.69) is 124 Å². The summed E-state index contributed by atoms with van der Waals surface area (Å²) in [6, 6.07) is 0. The molecule has 0 aromatic rings. The van der Waals surface area contributed by atoms with Gasteiger partial charge in [-0.3, -0.25) is 9.59 Å². The second-order valence-corrected chi connectivity index (χ2v) is 17.0. The Kier molecular flexibility index (Phi) is 27.1. The molecule has 0 fully saturated rings. The molecule has 4 nitrogen and oxygen atoms in total. The standard InChI is InChI=1S/C54H82O4/c1-40(2)22-14-23-41(3)24-15-25-42(4)26-16-27-43(5)28-17-29-44(6)30-18-31-45(7)32-19-33-46(8)34-20-35-47(9)36-21-37-48(10)38-39-50-49(11)51(55)53(57-12)54(58-13)52(50)56/h22,24,26,28,30,32,34,36,38H,14-21,23,25,27,29,31,33,35,37,39H2,1-13H3/b41-24+,42-26+,43-28+,44-30+,45-32+,46-34+,47-36+,48-38-. The van der Waals surface area contributed by atoms with Crippen molar-refractivity contribution in [1.82, 2.24) is 0 Å². The summed E-state index contributed by atoms with van der Waals surface area (Å²) in [7, 11) is 2.78. The van der Waals surface area contributed by atoms with Gasteiger partial charge < -0.3 is 9.47 Å². The van der Waals surface area contributed by atoms with E-state index in [0.717, 1.165) is 89.9 Å². The van der Waals surface area contributed by atoms with Crippen LogP contribution in [0.5, 0.6) is 0 Å². The first-order valence-electron chi connectivity index (χ1n) is 22.1. The fraction of sp³-hybridized carbons (Fsp3) is 0.556. The molecule has 0 bridgehead atoms. The summed E-state index contributed by atoms with van der Waals surface area (Å²) in [4.78, 5) is 25.5. The maximum absolute atomic E-state index is 12.9. The Hall–Kier alpha value is -3.92. The van der Waals surface area contributed by atoms with Crippen molar-refractivity contribution in [3.63, 3.8) is 0 Å². The highest BCUT2D eigenvalue weighted by molar-refractivity contribution is 6.23. The Bertz CT molecular complexity index is 1680. The van der Waals surface area contributed by atoms with Crippen LogP contribution < -0.4 is 0 Å². The lowest BCUT2D eigenvalue weighted by Gasteiger charge is -2.19. The second kappa shape index (κ2) is 30.2. The zero-order valence-electron chi connectivity index (χ0n) is 39.3. The van der Waals surface area contributed by atoms with Gasteiger partial charge in [0.05, 0.1) is 14.2 Å². The highest BCUT2D eigenvalue weighted by Crippen LogP contribution is 2.28. The van der Waals surface area contributed by atoms with Gasteiger partial charge in [0.1, 0.15) is 0 Å². The van der Waals surface area contributed by atoms with E-state index < -0.39 is 0 Å². The van der Waals surface area contributed by atoms with Gasteiger partial charge in [0.2, 0.25) is 23.1 Å². The Morgan fingerprint density at radius 3 is 0.879 bits per heavy atom. The first-order valence-corrected chi connectivity index (χ1v) is 22.1. The van der Waals surface area contributed by atoms with Crippen LogP contribution in [0.3, 0.4) is 0 Å². The van der Waals surface area contributed by atoms with E-state index in [1.54, 1.807) is 6.92 Å². The molecule has 0 saturated carbocycles. The number of Topliss-reactive ketones (excluding diaryl/α,β-unsaturated/α-hetero) is 2. The quantitative estimate of drug-likeness (QED) is 0.0585. The molecule has 322 valence electrons. The van der Waals surface area contributed by atoms with Crippen molar-refractivity contribution in [2.24, 2.45) is 0 Å². The summed E-state index contributed by atoms with van der Waals surface area (Å²) in [5.74, 6) is -0.571. The van der Waals surface area contributed by atoms with E-state index in [1.807, 2.05) is 0 Å². The normalized spacial score (nSPS) is 15.9. The zero-order chi connectivity index (χ0) is 43.5. The van der Waals surface area contributed by atoms with Gasteiger partial charge in [-0.25, -0.2) is 0 Å². The topological polar surface area (TPSA) is 52.6 Å². The maximum atomic E-state index is 12.9. The predicted molar refractivity (Wildman–Crippen MR) is 252 cm³/mol. The van der Waals surface area contributed by atoms with Crippen LogP contribution in [-0.2, 0) is 19.1 Å². The van der Waals surface area contributed by atoms with Crippen LogP contribution in [0, 0.1) is 0 Å². The number of allylic oxidation sites excluding steroid dienone is 20. The van der Waals surface area contributed by atoms with Crippen molar-refractivity contribution in [2.45, 2.75) is 185 Å². The van der Waals surface area contributed by atoms with Gasteiger partial charge in [-0.2, -0.15) is 0 Å². The van der Waals surface area contributed by atoms with Gasteiger partial charge in [-0.15, -0.1) is 0 Å². The summed E-state index contributed by atoms with van der Waals surface area (Å²) >= 11 is 0. The lowest BCUT2D eigenvalue weighted by Crippen LogP contribution is -2.24. The van der Waals surface area contributed by atoms with Crippen LogP contribution in [0.4, 0.5) is 0 Å². The summed E-state index contributed by atoms with van der Waals surface area (Å²) in [6.45, 7) is 24.0. The largest absolute Gasteiger partial charge is 0.489 e. The molecule has 4 heteroatoms. The Labute approximate surface area is 356 Å². The van der Waals surface area contributed by atoms with Crippen molar-refractivity contribution in [3.8, 4) is 0 Å². The van der Waals surface area contributed by atoms with E-state index in [0.29, 0.717) is 17.6 Å². The van der Waals surface area contributed by atoms with Crippen molar-refractivity contribution in [3.05, 3.63) is 128 Å². The van der Waals surface area contributed by atoms with Crippen LogP contribution in [0.25, 0.3) is 0 Å². The van der Waals surface area contributed by atoms with Gasteiger partial charge in [-0.05, 0) is 185 Å². The molecule has 0 amide bonds. The molecule has 1 aliphatic rings. The zero-order valence-corrected chi connectivity index (χ0v) is 39.3. The number of hydrogen-bond donors (Lipinski definition) is 0. The first kappa shape index (κ1) is 52.1. The van der Waals surface area contributed by atoms with Crippen molar-refractivity contribution in [1.29, 1.82) is 0 Å². The monoisotopic (exact) mass is 795 g/mol. The van der Waals surface area contributed by atoms with Gasteiger partial charge in [-0.1, -0.05) is 105 Å². The summed E-state index contributed by atoms with van der Waals surface area (Å²) in [5.41, 5.74) is 13.9. The number of carbonyl (C=O) groups is 2. The molecule has 1 rings (SSSR count). The fourth-order valence-corrected chi connectivity index (χ4v) is 6.94. The van der Waals surface area contributed by atoms with Crippen molar-refractivity contribution < 1.29 is 19.1 Å². The third kappa shape index (κ3) is 22.9. The second-order valence-electron chi connectivity index (χ2n) is 17.0. The summed E-state index contributed by atoms with van der Waals surface area (Å²) < 4.78 is 10.3. The van der Waals surface area contributed by atoms with Crippen LogP contribution >= 0.6 is 0 Å². The van der Waals surface area contributed by atoms with E-state index in [4.69, 9.17) is 9.47 Å². The van der Waals surface area contributed by atoms with Crippen LogP contribution in [0.15, 0.2) is 128 Å². The number of rotatable bonds is 28. The summed E-state index contributed by atoms with van der Waals surface area (Å²) in [6.07, 6.45) is 39.5. The Morgan fingerprint density at radius 2 is 0.621 bits per heavy atom. The van der Waals surface area contributed by atoms with Crippen molar-refractivity contribution >= 4 is 11.6 Å². The molecule has 0 saturated heterocycles. The molecular formula is C54H82O4. The lowest BCUT2D eigenvalue weighted by molar-refractivity contribution is -0.121. The fourth-order valence-electron chi connectivity index (χ4n) is 6.94. The molecule has 0 radical (unpaired) electrons. The average Bonchev–Trinajstić information content (AvgIpc) is 3.16. The number of hydrogen-bond acceptors (Lipinski definition) is 4. The minimum Gasteiger partial charge on any atom is -0.489 e. The maximum Gasteiger partial charge on any atom is 0.228 e. The molecule has 0 atom stereocenters. The average molecular weight is 795 g/mol. The van der Waals surface area contributed by atoms with Gasteiger partial charge in [0, 0.05) is 11.1 Å². The number of methoxy groups -OCH3 is 2. The number of carbonyl (C=O) groups excluding carboxylic acids is 2. The molecular weight excluding hydrogens is 713 g/mol. The smallest absolute Gasteiger partial charge is 0.228 e. The van der Waals surface area contributed by atoms with E-state index in [-0.39, 0.29) is 23.1 Å². The Balaban J connectivity index is 2.32. The third-order valence-electron chi connectivity index (χ3n) is 11.1. The molecule has 0 heterocycles. The van der Waals surface area contributed by atoms with E-state index >= 15 is 0 Å². The molecule has 1 aliphatic carbocycles. The van der Waals surface area contributed by atoms with Gasteiger partial charge in [0.25, 0.3) is 0 Å².